The molecule has 0 aromatic carbocycles. The quantitative estimate of drug-likeness (QED) is 0.0222. The first-order valence-electron chi connectivity index (χ1n) is 43.0. The summed E-state index contributed by atoms with van der Waals surface area (Å²) >= 11 is 0. The zero-order valence-electron chi connectivity index (χ0n) is 66.9. The van der Waals surface area contributed by atoms with Crippen LogP contribution in [0.4, 0.5) is 0 Å². The summed E-state index contributed by atoms with van der Waals surface area (Å²) in [6.07, 6.45) is 65.1. The van der Waals surface area contributed by atoms with Gasteiger partial charge in [0.1, 0.15) is 19.3 Å². The number of ether oxygens (including phenoxy) is 4. The standard InChI is InChI=1S/C83H162O17P2/c1-7-9-11-13-15-17-19-20-25-29-37-43-49-55-61-67-82(87)99-78(71-93-80(85)65-59-53-47-41-33-18-16-14-12-10-8-2)73-97-101(89,90)95-69-77(84)70-96-102(91,92)98-74-79(72-94-81(86)66-60-54-48-42-36-32-31-35-40-46-52-58-64-76(5)6)100-83(88)68-62-56-50-44-38-30-27-24-22-21-23-26-28-34-39-45-51-57-63-75(3)4/h75-79,84H,7-74H2,1-6H3,(H,89,90)(H,91,92)/t77-,78+,79+/m0/s1. The Balaban J connectivity index is 5.23. The number of phosphoric acid groups is 2. The van der Waals surface area contributed by atoms with Gasteiger partial charge < -0.3 is 33.8 Å². The normalized spacial score (nSPS) is 13.9. The van der Waals surface area contributed by atoms with Crippen molar-refractivity contribution in [2.24, 2.45) is 11.8 Å². The number of carbonyl (C=O) groups excluding carboxylic acids is 4. The molecule has 0 saturated heterocycles. The van der Waals surface area contributed by atoms with Gasteiger partial charge in [-0.2, -0.15) is 0 Å². The van der Waals surface area contributed by atoms with Gasteiger partial charge in [-0.1, -0.05) is 388 Å². The Morgan fingerprint density at radius 2 is 0.451 bits per heavy atom. The number of esters is 4. The first-order chi connectivity index (χ1) is 49.4. The molecule has 0 spiro atoms. The van der Waals surface area contributed by atoms with E-state index in [4.69, 9.17) is 37.0 Å². The highest BCUT2D eigenvalue weighted by Crippen LogP contribution is 2.45. The minimum atomic E-state index is -4.96. The van der Waals surface area contributed by atoms with Crippen LogP contribution in [0.3, 0.4) is 0 Å². The van der Waals surface area contributed by atoms with E-state index in [1.165, 1.54) is 257 Å². The fourth-order valence-corrected chi connectivity index (χ4v) is 14.5. The third-order valence-electron chi connectivity index (χ3n) is 19.5. The van der Waals surface area contributed by atoms with Gasteiger partial charge in [0.2, 0.25) is 0 Å². The molecule has 5 atom stereocenters. The second-order valence-electron chi connectivity index (χ2n) is 30.8. The van der Waals surface area contributed by atoms with Crippen LogP contribution in [0.25, 0.3) is 0 Å². The number of unbranched alkanes of at least 4 members (excludes halogenated alkanes) is 52. The molecule has 0 aliphatic heterocycles. The van der Waals surface area contributed by atoms with Crippen LogP contribution in [0.1, 0.15) is 440 Å². The van der Waals surface area contributed by atoms with Gasteiger partial charge >= 0.3 is 39.5 Å². The topological polar surface area (TPSA) is 237 Å². The molecule has 0 aliphatic carbocycles. The smallest absolute Gasteiger partial charge is 0.462 e. The van der Waals surface area contributed by atoms with Crippen molar-refractivity contribution in [1.29, 1.82) is 0 Å². The summed E-state index contributed by atoms with van der Waals surface area (Å²) in [5.74, 6) is -0.502. The van der Waals surface area contributed by atoms with Crippen molar-refractivity contribution in [3.8, 4) is 0 Å². The van der Waals surface area contributed by atoms with Gasteiger partial charge in [-0.25, -0.2) is 9.13 Å². The van der Waals surface area contributed by atoms with Crippen molar-refractivity contribution in [3.63, 3.8) is 0 Å². The monoisotopic (exact) mass is 1490 g/mol. The van der Waals surface area contributed by atoms with Crippen LogP contribution in [-0.2, 0) is 65.4 Å². The molecule has 0 aliphatic rings. The summed E-state index contributed by atoms with van der Waals surface area (Å²) in [5, 5.41) is 10.7. The second kappa shape index (κ2) is 74.5. The molecule has 0 fully saturated rings. The molecule has 0 rings (SSSR count). The third-order valence-corrected chi connectivity index (χ3v) is 21.4. The lowest BCUT2D eigenvalue weighted by atomic mass is 10.0. The van der Waals surface area contributed by atoms with Crippen molar-refractivity contribution in [2.45, 2.75) is 458 Å². The van der Waals surface area contributed by atoms with E-state index in [2.05, 4.69) is 41.5 Å². The SMILES string of the molecule is CCCCCCCCCCCCCCCCCC(=O)O[C@H](COC(=O)CCCCCCCCCCCCC)COP(=O)(O)OC[C@H](O)COP(=O)(O)OC[C@@H](COC(=O)CCCCCCCCCCCCCCC(C)C)OC(=O)CCCCCCCCCCCCCCCCCCCCC(C)C. The predicted octanol–water partition coefficient (Wildman–Crippen LogP) is 25.1. The van der Waals surface area contributed by atoms with E-state index in [-0.39, 0.29) is 25.7 Å². The molecule has 606 valence electrons. The van der Waals surface area contributed by atoms with E-state index in [0.29, 0.717) is 25.7 Å². The van der Waals surface area contributed by atoms with E-state index < -0.39 is 97.5 Å². The Kier molecular flexibility index (Phi) is 73.1. The van der Waals surface area contributed by atoms with Crippen molar-refractivity contribution >= 4 is 39.5 Å². The van der Waals surface area contributed by atoms with Gasteiger partial charge in [-0.3, -0.25) is 37.3 Å². The maximum atomic E-state index is 13.1. The molecule has 2 unspecified atom stereocenters. The Morgan fingerprint density at radius 1 is 0.265 bits per heavy atom. The lowest BCUT2D eigenvalue weighted by Crippen LogP contribution is -2.30. The number of hydrogen-bond donors (Lipinski definition) is 3. The highest BCUT2D eigenvalue weighted by atomic mass is 31.2. The molecule has 0 bridgehead atoms. The van der Waals surface area contributed by atoms with Crippen LogP contribution < -0.4 is 0 Å². The zero-order chi connectivity index (χ0) is 74.9. The van der Waals surface area contributed by atoms with Gasteiger partial charge in [-0.15, -0.1) is 0 Å². The highest BCUT2D eigenvalue weighted by Gasteiger charge is 2.30. The second-order valence-corrected chi connectivity index (χ2v) is 33.7. The average molecular weight is 1490 g/mol. The van der Waals surface area contributed by atoms with Crippen LogP contribution in [0, 0.1) is 11.8 Å². The molecule has 0 saturated carbocycles. The fourth-order valence-electron chi connectivity index (χ4n) is 12.9. The third kappa shape index (κ3) is 76.3. The summed E-state index contributed by atoms with van der Waals surface area (Å²) in [6, 6.07) is 0. The highest BCUT2D eigenvalue weighted by molar-refractivity contribution is 7.47. The van der Waals surface area contributed by atoms with Gasteiger partial charge in [-0.05, 0) is 37.5 Å². The molecule has 3 N–H and O–H groups in total. The Morgan fingerprint density at radius 3 is 0.667 bits per heavy atom. The molecule has 0 heterocycles. The minimum Gasteiger partial charge on any atom is -0.462 e. The van der Waals surface area contributed by atoms with E-state index in [9.17, 15) is 43.2 Å². The number of phosphoric ester groups is 2. The molecular weight excluding hydrogens is 1330 g/mol. The van der Waals surface area contributed by atoms with Crippen molar-refractivity contribution in [3.05, 3.63) is 0 Å². The molecule has 17 nitrogen and oxygen atoms in total. The van der Waals surface area contributed by atoms with Crippen LogP contribution >= 0.6 is 15.6 Å². The van der Waals surface area contributed by atoms with Gasteiger partial charge in [0.25, 0.3) is 0 Å². The fraction of sp³-hybridized carbons (Fsp3) is 0.952. The predicted molar refractivity (Wildman–Crippen MR) is 418 cm³/mol. The Bertz CT molecular complexity index is 1960. The Hall–Kier alpha value is -1.94. The Labute approximate surface area is 626 Å². The molecule has 0 radical (unpaired) electrons. The van der Waals surface area contributed by atoms with E-state index in [0.717, 1.165) is 102 Å². The van der Waals surface area contributed by atoms with Gasteiger partial charge in [0.15, 0.2) is 12.2 Å². The first kappa shape index (κ1) is 100. The lowest BCUT2D eigenvalue weighted by Gasteiger charge is -2.21. The van der Waals surface area contributed by atoms with Crippen LogP contribution in [0.15, 0.2) is 0 Å². The van der Waals surface area contributed by atoms with Gasteiger partial charge in [0, 0.05) is 25.7 Å². The number of aliphatic hydroxyl groups is 1. The van der Waals surface area contributed by atoms with Crippen LogP contribution in [-0.4, -0.2) is 96.7 Å². The molecule has 19 heteroatoms. The van der Waals surface area contributed by atoms with E-state index >= 15 is 0 Å². The van der Waals surface area contributed by atoms with Crippen molar-refractivity contribution < 1.29 is 80.2 Å². The summed E-state index contributed by atoms with van der Waals surface area (Å²) in [6.45, 7) is 9.70. The number of aliphatic hydroxyl groups excluding tert-OH is 1. The maximum absolute atomic E-state index is 13.1. The number of hydrogen-bond acceptors (Lipinski definition) is 15. The average Bonchev–Trinajstić information content (AvgIpc) is 0.920. The molecular formula is C83H162O17P2. The summed E-state index contributed by atoms with van der Waals surface area (Å²) in [7, 11) is -9.92. The van der Waals surface area contributed by atoms with Crippen LogP contribution in [0.5, 0.6) is 0 Å². The van der Waals surface area contributed by atoms with E-state index in [1.54, 1.807) is 0 Å². The van der Waals surface area contributed by atoms with Gasteiger partial charge in [0.05, 0.1) is 26.4 Å². The van der Waals surface area contributed by atoms with Crippen molar-refractivity contribution in [2.75, 3.05) is 39.6 Å². The van der Waals surface area contributed by atoms with E-state index in [1.807, 2.05) is 0 Å². The number of rotatable bonds is 82. The summed E-state index contributed by atoms with van der Waals surface area (Å²) < 4.78 is 68.8. The summed E-state index contributed by atoms with van der Waals surface area (Å²) in [5.41, 5.74) is 0. The minimum absolute atomic E-state index is 0.109. The molecule has 0 amide bonds. The zero-order valence-corrected chi connectivity index (χ0v) is 68.7. The molecule has 102 heavy (non-hydrogen) atoms. The molecule has 0 aromatic heterocycles. The maximum Gasteiger partial charge on any atom is 0.472 e. The van der Waals surface area contributed by atoms with Crippen molar-refractivity contribution in [1.82, 2.24) is 0 Å². The largest absolute Gasteiger partial charge is 0.472 e. The first-order valence-corrected chi connectivity index (χ1v) is 46.0. The number of carbonyl (C=O) groups is 4. The summed E-state index contributed by atoms with van der Waals surface area (Å²) in [4.78, 5) is 73.1. The van der Waals surface area contributed by atoms with Crippen LogP contribution in [0.2, 0.25) is 0 Å². The lowest BCUT2D eigenvalue weighted by molar-refractivity contribution is -0.161. The molecule has 0 aromatic rings.